The number of likely N-dealkylation sites (tertiary alicyclic amines) is 1. The molecule has 9 heteroatoms. The third-order valence-corrected chi connectivity index (χ3v) is 7.93. The second kappa shape index (κ2) is 6.91. The molecule has 2 aliphatic heterocycles. The lowest BCUT2D eigenvalue weighted by atomic mass is 10.00. The summed E-state index contributed by atoms with van der Waals surface area (Å²) in [4.78, 5) is 26.4. The minimum atomic E-state index is -3.78. The Kier molecular flexibility index (Phi) is 4.65. The zero-order chi connectivity index (χ0) is 20.8. The SMILES string of the molecule is O=C(c1cc(F)ccc1F)N1CCC2(CC1)N(c1ccccc1)C(=O)CS2(=O)=O. The van der Waals surface area contributed by atoms with Gasteiger partial charge in [-0.1, -0.05) is 18.2 Å². The quantitative estimate of drug-likeness (QED) is 0.748. The average molecular weight is 420 g/mol. The Morgan fingerprint density at radius 2 is 1.66 bits per heavy atom. The molecule has 0 radical (unpaired) electrons. The summed E-state index contributed by atoms with van der Waals surface area (Å²) in [6, 6.07) is 11.2. The molecule has 2 aromatic carbocycles. The second-order valence-electron chi connectivity index (χ2n) is 7.19. The fourth-order valence-corrected chi connectivity index (χ4v) is 6.12. The zero-order valence-corrected chi connectivity index (χ0v) is 16.2. The van der Waals surface area contributed by atoms with Crippen LogP contribution in [-0.4, -0.2) is 48.8 Å². The van der Waals surface area contributed by atoms with Crippen LogP contribution in [-0.2, 0) is 14.6 Å². The first-order chi connectivity index (χ1) is 13.7. The van der Waals surface area contributed by atoms with Crippen molar-refractivity contribution in [1.82, 2.24) is 4.90 Å². The minimum absolute atomic E-state index is 0.00135. The molecule has 29 heavy (non-hydrogen) atoms. The van der Waals surface area contributed by atoms with Crippen molar-refractivity contribution in [2.45, 2.75) is 17.7 Å². The highest BCUT2D eigenvalue weighted by atomic mass is 32.2. The number of nitrogens with zero attached hydrogens (tertiary/aromatic N) is 2. The highest BCUT2D eigenvalue weighted by molar-refractivity contribution is 7.94. The lowest BCUT2D eigenvalue weighted by Crippen LogP contribution is -2.57. The molecule has 0 unspecified atom stereocenters. The van der Waals surface area contributed by atoms with Gasteiger partial charge in [0.1, 0.15) is 17.4 Å². The molecule has 2 aromatic rings. The number of rotatable bonds is 2. The Balaban J connectivity index is 1.63. The van der Waals surface area contributed by atoms with Gasteiger partial charge in [-0.05, 0) is 30.3 Å². The van der Waals surface area contributed by atoms with Crippen molar-refractivity contribution in [2.75, 3.05) is 23.7 Å². The number of sulfone groups is 1. The highest BCUT2D eigenvalue weighted by Crippen LogP contribution is 2.42. The van der Waals surface area contributed by atoms with Gasteiger partial charge >= 0.3 is 0 Å². The molecule has 0 aliphatic carbocycles. The van der Waals surface area contributed by atoms with Crippen LogP contribution in [0.25, 0.3) is 0 Å². The number of carbonyl (C=O) groups excluding carboxylic acids is 2. The Morgan fingerprint density at radius 3 is 2.31 bits per heavy atom. The normalized spacial score (nSPS) is 20.3. The summed E-state index contributed by atoms with van der Waals surface area (Å²) in [6.07, 6.45) is -0.00269. The van der Waals surface area contributed by atoms with Crippen molar-refractivity contribution >= 4 is 27.3 Å². The molecule has 2 amide bonds. The van der Waals surface area contributed by atoms with E-state index in [1.54, 1.807) is 30.3 Å². The molecule has 6 nitrogen and oxygen atoms in total. The van der Waals surface area contributed by atoms with E-state index in [1.807, 2.05) is 0 Å². The number of hydrogen-bond acceptors (Lipinski definition) is 4. The van der Waals surface area contributed by atoms with Crippen molar-refractivity contribution in [1.29, 1.82) is 0 Å². The molecule has 0 atom stereocenters. The topological polar surface area (TPSA) is 74.8 Å². The van der Waals surface area contributed by atoms with Crippen LogP contribution in [0, 0.1) is 11.6 Å². The van der Waals surface area contributed by atoms with E-state index in [0.29, 0.717) is 5.69 Å². The Morgan fingerprint density at radius 1 is 1.00 bits per heavy atom. The summed E-state index contributed by atoms with van der Waals surface area (Å²) in [7, 11) is -3.78. The number of halogens is 2. The molecule has 0 saturated carbocycles. The standard InChI is InChI=1S/C20H18F2N2O4S/c21-14-6-7-17(22)16(12-14)19(26)23-10-8-20(9-11-23)24(15-4-2-1-3-5-15)18(25)13-29(20,27)28/h1-7,12H,8-11,13H2. The van der Waals surface area contributed by atoms with Gasteiger partial charge in [0.25, 0.3) is 5.91 Å². The van der Waals surface area contributed by atoms with E-state index in [9.17, 15) is 26.8 Å². The molecule has 1 spiro atoms. The second-order valence-corrected chi connectivity index (χ2v) is 9.46. The number of piperidine rings is 1. The fraction of sp³-hybridized carbons (Fsp3) is 0.300. The Labute approximate surface area is 166 Å². The van der Waals surface area contributed by atoms with Crippen LogP contribution in [0.1, 0.15) is 23.2 Å². The molecule has 0 N–H and O–H groups in total. The highest BCUT2D eigenvalue weighted by Gasteiger charge is 2.59. The first kappa shape index (κ1) is 19.5. The number of benzene rings is 2. The predicted molar refractivity (Wildman–Crippen MR) is 102 cm³/mol. The molecule has 152 valence electrons. The third kappa shape index (κ3) is 3.09. The Hall–Kier alpha value is -2.81. The molecule has 0 aromatic heterocycles. The van der Waals surface area contributed by atoms with Crippen LogP contribution >= 0.6 is 0 Å². The lowest BCUT2D eigenvalue weighted by molar-refractivity contribution is -0.116. The van der Waals surface area contributed by atoms with Crippen LogP contribution in [0.2, 0.25) is 0 Å². The van der Waals surface area contributed by atoms with Crippen LogP contribution in [0.3, 0.4) is 0 Å². The van der Waals surface area contributed by atoms with Gasteiger partial charge in [-0.2, -0.15) is 0 Å². The predicted octanol–water partition coefficient (Wildman–Crippen LogP) is 2.36. The van der Waals surface area contributed by atoms with Crippen LogP contribution in [0.5, 0.6) is 0 Å². The third-order valence-electron chi connectivity index (χ3n) is 5.55. The summed E-state index contributed by atoms with van der Waals surface area (Å²) in [5.41, 5.74) is 0.0840. The zero-order valence-electron chi connectivity index (χ0n) is 15.3. The average Bonchev–Trinajstić information content (AvgIpc) is 2.89. The van der Waals surface area contributed by atoms with E-state index in [1.165, 1.54) is 9.80 Å². The van der Waals surface area contributed by atoms with Crippen LogP contribution < -0.4 is 4.90 Å². The number of para-hydroxylation sites is 1. The van der Waals surface area contributed by atoms with E-state index in [4.69, 9.17) is 0 Å². The van der Waals surface area contributed by atoms with Crippen molar-refractivity contribution < 1.29 is 26.8 Å². The Bertz CT molecular complexity index is 1080. The summed E-state index contributed by atoms with van der Waals surface area (Å²) in [5, 5.41) is 0. The van der Waals surface area contributed by atoms with Gasteiger partial charge in [0.05, 0.1) is 5.56 Å². The maximum absolute atomic E-state index is 14.0. The minimum Gasteiger partial charge on any atom is -0.338 e. The van der Waals surface area contributed by atoms with Crippen molar-refractivity contribution in [3.8, 4) is 0 Å². The largest absolute Gasteiger partial charge is 0.338 e. The summed E-state index contributed by atoms with van der Waals surface area (Å²) >= 11 is 0. The van der Waals surface area contributed by atoms with Gasteiger partial charge in [-0.25, -0.2) is 17.2 Å². The summed E-state index contributed by atoms with van der Waals surface area (Å²) in [6.45, 7) is 0.00919. The molecular formula is C20H18F2N2O4S. The van der Waals surface area contributed by atoms with Crippen molar-refractivity contribution in [2.24, 2.45) is 0 Å². The van der Waals surface area contributed by atoms with E-state index in [0.717, 1.165) is 18.2 Å². The van der Waals surface area contributed by atoms with E-state index in [-0.39, 0.29) is 25.9 Å². The molecule has 2 aliphatic rings. The van der Waals surface area contributed by atoms with E-state index >= 15 is 0 Å². The van der Waals surface area contributed by atoms with Gasteiger partial charge in [0.2, 0.25) is 5.91 Å². The monoisotopic (exact) mass is 420 g/mol. The first-order valence-corrected chi connectivity index (χ1v) is 10.8. The molecule has 2 fully saturated rings. The fourth-order valence-electron chi connectivity index (χ4n) is 4.11. The van der Waals surface area contributed by atoms with Crippen LogP contribution in [0.15, 0.2) is 48.5 Å². The van der Waals surface area contributed by atoms with Gasteiger partial charge in [0, 0.05) is 31.6 Å². The molecule has 2 heterocycles. The lowest BCUT2D eigenvalue weighted by Gasteiger charge is -2.43. The van der Waals surface area contributed by atoms with Crippen molar-refractivity contribution in [3.05, 3.63) is 65.7 Å². The molecule has 4 rings (SSSR count). The van der Waals surface area contributed by atoms with Gasteiger partial charge < -0.3 is 4.90 Å². The maximum atomic E-state index is 14.0. The molecular weight excluding hydrogens is 402 g/mol. The number of anilines is 1. The maximum Gasteiger partial charge on any atom is 0.256 e. The number of hydrogen-bond donors (Lipinski definition) is 0. The van der Waals surface area contributed by atoms with Crippen molar-refractivity contribution in [3.63, 3.8) is 0 Å². The van der Waals surface area contributed by atoms with Gasteiger partial charge in [-0.3, -0.25) is 14.5 Å². The van der Waals surface area contributed by atoms with E-state index in [2.05, 4.69) is 0 Å². The summed E-state index contributed by atoms with van der Waals surface area (Å²) < 4.78 is 53.2. The molecule has 2 saturated heterocycles. The smallest absolute Gasteiger partial charge is 0.256 e. The number of amides is 2. The van der Waals surface area contributed by atoms with Crippen LogP contribution in [0.4, 0.5) is 14.5 Å². The summed E-state index contributed by atoms with van der Waals surface area (Å²) in [5.74, 6) is -3.38. The van der Waals surface area contributed by atoms with Gasteiger partial charge in [0.15, 0.2) is 14.7 Å². The van der Waals surface area contributed by atoms with E-state index < -0.39 is 49.5 Å². The van der Waals surface area contributed by atoms with Gasteiger partial charge in [-0.15, -0.1) is 0 Å². The first-order valence-electron chi connectivity index (χ1n) is 9.10. The number of carbonyl (C=O) groups is 2. The molecule has 0 bridgehead atoms.